The zero-order chi connectivity index (χ0) is 17.8. The zero-order valence-electron chi connectivity index (χ0n) is 14.6. The van der Waals surface area contributed by atoms with Crippen LogP contribution in [0, 0.1) is 17.6 Å². The summed E-state index contributed by atoms with van der Waals surface area (Å²) in [7, 11) is 0. The number of piperidine rings is 1. The molecule has 5 nitrogen and oxygen atoms in total. The van der Waals surface area contributed by atoms with Crippen LogP contribution in [-0.4, -0.2) is 38.1 Å². The second kappa shape index (κ2) is 7.89. The summed E-state index contributed by atoms with van der Waals surface area (Å²) in [6.07, 6.45) is 3.59. The van der Waals surface area contributed by atoms with Crippen LogP contribution >= 0.6 is 12.2 Å². The average Bonchev–Trinajstić information content (AvgIpc) is 2.90. The van der Waals surface area contributed by atoms with Gasteiger partial charge in [0.25, 0.3) is 0 Å². The number of rotatable bonds is 6. The third-order valence-corrected chi connectivity index (χ3v) is 5.20. The molecule has 1 aromatic carbocycles. The first-order chi connectivity index (χ1) is 12.1. The number of ketones is 1. The van der Waals surface area contributed by atoms with Crippen LogP contribution in [0.25, 0.3) is 0 Å². The van der Waals surface area contributed by atoms with E-state index < -0.39 is 0 Å². The SMILES string of the molecule is C=CCn1c(C)nn(CN2CCC(C(=O)c3ccccc3)CC2)c1=S. The summed E-state index contributed by atoms with van der Waals surface area (Å²) in [5, 5.41) is 4.54. The van der Waals surface area contributed by atoms with E-state index in [1.807, 2.05) is 52.6 Å². The molecule has 0 aliphatic carbocycles. The predicted octanol–water partition coefficient (Wildman–Crippen LogP) is 3.46. The highest BCUT2D eigenvalue weighted by Gasteiger charge is 2.26. The fourth-order valence-corrected chi connectivity index (χ4v) is 3.65. The molecule has 1 saturated heterocycles. The summed E-state index contributed by atoms with van der Waals surface area (Å²) in [6, 6.07) is 9.60. The molecule has 2 aromatic rings. The van der Waals surface area contributed by atoms with E-state index in [1.165, 1.54) is 0 Å². The number of carbonyl (C=O) groups excluding carboxylic acids is 1. The Morgan fingerprint density at radius 2 is 2.00 bits per heavy atom. The minimum atomic E-state index is 0.117. The molecule has 2 heterocycles. The van der Waals surface area contributed by atoms with Crippen LogP contribution in [0.1, 0.15) is 29.0 Å². The number of hydrogen-bond donors (Lipinski definition) is 0. The molecule has 0 radical (unpaired) electrons. The van der Waals surface area contributed by atoms with Gasteiger partial charge in [0.1, 0.15) is 5.82 Å². The molecule has 0 spiro atoms. The maximum Gasteiger partial charge on any atom is 0.199 e. The molecule has 0 saturated carbocycles. The highest BCUT2D eigenvalue weighted by atomic mass is 32.1. The summed E-state index contributed by atoms with van der Waals surface area (Å²) in [4.78, 5) is 14.9. The lowest BCUT2D eigenvalue weighted by atomic mass is 9.89. The van der Waals surface area contributed by atoms with E-state index >= 15 is 0 Å². The molecule has 1 aromatic heterocycles. The third kappa shape index (κ3) is 3.96. The second-order valence-electron chi connectivity index (χ2n) is 6.49. The first-order valence-electron chi connectivity index (χ1n) is 8.67. The lowest BCUT2D eigenvalue weighted by Crippen LogP contribution is -2.37. The lowest BCUT2D eigenvalue weighted by Gasteiger charge is -2.30. The van der Waals surface area contributed by atoms with Crippen molar-refractivity contribution in [3.8, 4) is 0 Å². The summed E-state index contributed by atoms with van der Waals surface area (Å²) in [5.74, 6) is 1.29. The number of Topliss-reactive ketones (excluding diaryl/α,β-unsaturated/α-hetero) is 1. The van der Waals surface area contributed by atoms with Gasteiger partial charge in [0.2, 0.25) is 0 Å². The van der Waals surface area contributed by atoms with E-state index in [-0.39, 0.29) is 11.7 Å². The molecule has 0 unspecified atom stereocenters. The summed E-state index contributed by atoms with van der Waals surface area (Å²) >= 11 is 5.51. The number of aromatic nitrogens is 3. The second-order valence-corrected chi connectivity index (χ2v) is 6.86. The van der Waals surface area contributed by atoms with Gasteiger partial charge in [-0.2, -0.15) is 5.10 Å². The molecule has 25 heavy (non-hydrogen) atoms. The fourth-order valence-electron chi connectivity index (χ4n) is 3.34. The molecule has 1 fully saturated rings. The average molecular weight is 356 g/mol. The molecule has 132 valence electrons. The summed E-state index contributed by atoms with van der Waals surface area (Å²) in [5.41, 5.74) is 0.821. The van der Waals surface area contributed by atoms with E-state index in [4.69, 9.17) is 12.2 Å². The topological polar surface area (TPSA) is 43.1 Å². The Hall–Kier alpha value is -2.05. The third-order valence-electron chi connectivity index (χ3n) is 4.77. The number of carbonyl (C=O) groups is 1. The van der Waals surface area contributed by atoms with E-state index in [1.54, 1.807) is 0 Å². The van der Waals surface area contributed by atoms with E-state index in [2.05, 4.69) is 16.6 Å². The Morgan fingerprint density at radius 3 is 2.64 bits per heavy atom. The van der Waals surface area contributed by atoms with Crippen molar-refractivity contribution in [1.82, 2.24) is 19.2 Å². The van der Waals surface area contributed by atoms with Crippen molar-refractivity contribution < 1.29 is 4.79 Å². The van der Waals surface area contributed by atoms with Crippen molar-refractivity contribution in [1.29, 1.82) is 0 Å². The number of hydrogen-bond acceptors (Lipinski definition) is 4. The van der Waals surface area contributed by atoms with Crippen molar-refractivity contribution in [3.63, 3.8) is 0 Å². The molecule has 0 N–H and O–H groups in total. The van der Waals surface area contributed by atoms with Crippen molar-refractivity contribution in [3.05, 3.63) is 59.1 Å². The van der Waals surface area contributed by atoms with Gasteiger partial charge in [-0.25, -0.2) is 4.68 Å². The van der Waals surface area contributed by atoms with Crippen LogP contribution in [0.15, 0.2) is 43.0 Å². The van der Waals surface area contributed by atoms with Gasteiger partial charge in [0.15, 0.2) is 10.6 Å². The van der Waals surface area contributed by atoms with Gasteiger partial charge < -0.3 is 4.57 Å². The monoisotopic (exact) mass is 356 g/mol. The van der Waals surface area contributed by atoms with Crippen LogP contribution < -0.4 is 0 Å². The summed E-state index contributed by atoms with van der Waals surface area (Å²) in [6.45, 7) is 8.86. The van der Waals surface area contributed by atoms with Crippen molar-refractivity contribution in [2.45, 2.75) is 33.0 Å². The highest BCUT2D eigenvalue weighted by molar-refractivity contribution is 7.71. The Morgan fingerprint density at radius 1 is 1.32 bits per heavy atom. The number of allylic oxidation sites excluding steroid dienone is 1. The minimum Gasteiger partial charge on any atom is -0.300 e. The fraction of sp³-hybridized carbons (Fsp3) is 0.421. The first-order valence-corrected chi connectivity index (χ1v) is 9.07. The van der Waals surface area contributed by atoms with Crippen LogP contribution in [0.4, 0.5) is 0 Å². The predicted molar refractivity (Wildman–Crippen MR) is 101 cm³/mol. The number of aryl methyl sites for hydroxylation is 1. The minimum absolute atomic E-state index is 0.117. The molecule has 0 atom stereocenters. The van der Waals surface area contributed by atoms with Gasteiger partial charge in [0.05, 0.1) is 6.67 Å². The largest absolute Gasteiger partial charge is 0.300 e. The summed E-state index contributed by atoms with van der Waals surface area (Å²) < 4.78 is 4.57. The molecular formula is C19H24N4OS. The van der Waals surface area contributed by atoms with Crippen LogP contribution in [0.3, 0.4) is 0 Å². The highest BCUT2D eigenvalue weighted by Crippen LogP contribution is 2.22. The van der Waals surface area contributed by atoms with Crippen LogP contribution in [0.2, 0.25) is 0 Å². The van der Waals surface area contributed by atoms with Crippen LogP contribution in [0.5, 0.6) is 0 Å². The molecule has 1 aliphatic rings. The van der Waals surface area contributed by atoms with Gasteiger partial charge in [-0.05, 0) is 32.0 Å². The van der Waals surface area contributed by atoms with Gasteiger partial charge in [-0.1, -0.05) is 36.4 Å². The Labute approximate surface area is 153 Å². The maximum absolute atomic E-state index is 12.6. The van der Waals surface area contributed by atoms with Gasteiger partial charge in [-0.15, -0.1) is 6.58 Å². The Balaban J connectivity index is 1.60. The first kappa shape index (κ1) is 17.8. The molecule has 0 amide bonds. The normalized spacial score (nSPS) is 16.0. The molecular weight excluding hydrogens is 332 g/mol. The van der Waals surface area contributed by atoms with Gasteiger partial charge >= 0.3 is 0 Å². The van der Waals surface area contributed by atoms with Crippen molar-refractivity contribution >= 4 is 18.0 Å². The Kier molecular flexibility index (Phi) is 5.60. The zero-order valence-corrected chi connectivity index (χ0v) is 15.4. The lowest BCUT2D eigenvalue weighted by molar-refractivity contribution is 0.0803. The van der Waals surface area contributed by atoms with Crippen LogP contribution in [-0.2, 0) is 13.2 Å². The standard InChI is InChI=1S/C19H24N4OS/c1-3-11-22-15(2)20-23(19(22)25)14-21-12-9-17(10-13-21)18(24)16-7-5-4-6-8-16/h3-8,17H,1,9-14H2,2H3. The number of nitrogens with zero attached hydrogens (tertiary/aromatic N) is 4. The molecule has 1 aliphatic heterocycles. The van der Waals surface area contributed by atoms with Crippen molar-refractivity contribution in [2.75, 3.05) is 13.1 Å². The van der Waals surface area contributed by atoms with Crippen molar-refractivity contribution in [2.24, 2.45) is 5.92 Å². The molecule has 0 bridgehead atoms. The van der Waals surface area contributed by atoms with E-state index in [9.17, 15) is 4.79 Å². The van der Waals surface area contributed by atoms with E-state index in [0.29, 0.717) is 13.2 Å². The smallest absolute Gasteiger partial charge is 0.199 e. The number of likely N-dealkylation sites (tertiary alicyclic amines) is 1. The molecule has 3 rings (SSSR count). The van der Waals surface area contributed by atoms with Gasteiger partial charge in [-0.3, -0.25) is 9.69 Å². The number of benzene rings is 1. The van der Waals surface area contributed by atoms with Gasteiger partial charge in [0, 0.05) is 31.1 Å². The quantitative estimate of drug-likeness (QED) is 0.452. The maximum atomic E-state index is 12.6. The Bertz CT molecular complexity index is 801. The van der Waals surface area contributed by atoms with E-state index in [0.717, 1.165) is 42.1 Å². The molecule has 6 heteroatoms.